The van der Waals surface area contributed by atoms with Crippen LogP contribution in [0.15, 0.2) is 72.8 Å². The third kappa shape index (κ3) is 4.80. The zero-order valence-electron chi connectivity index (χ0n) is 16.9. The molecule has 2 N–H and O–H groups in total. The smallest absolute Gasteiger partial charge is 0.262 e. The second-order valence-corrected chi connectivity index (χ2v) is 6.99. The molecule has 0 atom stereocenters. The Morgan fingerprint density at radius 2 is 1.84 bits per heavy atom. The lowest BCUT2D eigenvalue weighted by Crippen LogP contribution is -2.20. The van der Waals surface area contributed by atoms with Crippen molar-refractivity contribution < 1.29 is 9.53 Å². The number of ether oxygens (including phenoxy) is 1. The Morgan fingerprint density at radius 3 is 2.58 bits per heavy atom. The Kier molecular flexibility index (Phi) is 5.77. The van der Waals surface area contributed by atoms with Gasteiger partial charge in [-0.1, -0.05) is 42.5 Å². The SMILES string of the molecule is Cc1ccccc1NC(=O)COc1ccc(/C=C(/C#N)c2nc3ccccc3[nH]2)cc1. The fourth-order valence-electron chi connectivity index (χ4n) is 3.11. The average Bonchev–Trinajstić information content (AvgIpc) is 3.22. The monoisotopic (exact) mass is 408 g/mol. The van der Waals surface area contributed by atoms with Crippen LogP contribution in [0.5, 0.6) is 5.75 Å². The number of hydrogen-bond acceptors (Lipinski definition) is 4. The van der Waals surface area contributed by atoms with Crippen molar-refractivity contribution in [2.45, 2.75) is 6.92 Å². The van der Waals surface area contributed by atoms with E-state index in [1.807, 2.05) is 67.6 Å². The van der Waals surface area contributed by atoms with Crippen LogP contribution in [-0.2, 0) is 4.79 Å². The number of nitrogens with one attached hydrogen (secondary N) is 2. The van der Waals surface area contributed by atoms with Gasteiger partial charge in [0.25, 0.3) is 5.91 Å². The summed E-state index contributed by atoms with van der Waals surface area (Å²) in [5, 5.41) is 12.4. The van der Waals surface area contributed by atoms with Gasteiger partial charge >= 0.3 is 0 Å². The highest BCUT2D eigenvalue weighted by atomic mass is 16.5. The molecule has 4 rings (SSSR count). The molecule has 0 aliphatic rings. The summed E-state index contributed by atoms with van der Waals surface area (Å²) in [5.74, 6) is 0.867. The van der Waals surface area contributed by atoms with E-state index >= 15 is 0 Å². The molecular formula is C25H20N4O2. The summed E-state index contributed by atoms with van der Waals surface area (Å²) in [4.78, 5) is 19.8. The quantitative estimate of drug-likeness (QED) is 0.442. The maximum atomic E-state index is 12.1. The van der Waals surface area contributed by atoms with E-state index in [4.69, 9.17) is 4.74 Å². The summed E-state index contributed by atoms with van der Waals surface area (Å²) in [6.45, 7) is 1.84. The second kappa shape index (κ2) is 8.97. The summed E-state index contributed by atoms with van der Waals surface area (Å²) in [7, 11) is 0. The number of hydrogen-bond donors (Lipinski definition) is 2. The molecule has 6 nitrogen and oxygen atoms in total. The van der Waals surface area contributed by atoms with Gasteiger partial charge in [0, 0.05) is 5.69 Å². The molecule has 3 aromatic carbocycles. The first kappa shape index (κ1) is 19.9. The van der Waals surface area contributed by atoms with Gasteiger partial charge in [0.15, 0.2) is 6.61 Å². The van der Waals surface area contributed by atoms with Gasteiger partial charge < -0.3 is 15.0 Å². The third-order valence-corrected chi connectivity index (χ3v) is 4.75. The Hall–Kier alpha value is -4.37. The van der Waals surface area contributed by atoms with Gasteiger partial charge in [0.1, 0.15) is 17.6 Å². The highest BCUT2D eigenvalue weighted by molar-refractivity contribution is 5.92. The van der Waals surface area contributed by atoms with Crippen LogP contribution in [0.25, 0.3) is 22.7 Å². The average molecular weight is 408 g/mol. The van der Waals surface area contributed by atoms with Crippen LogP contribution in [0, 0.1) is 18.3 Å². The third-order valence-electron chi connectivity index (χ3n) is 4.75. The van der Waals surface area contributed by atoms with Crippen molar-refractivity contribution in [3.8, 4) is 11.8 Å². The van der Waals surface area contributed by atoms with Crippen LogP contribution >= 0.6 is 0 Å². The van der Waals surface area contributed by atoms with Gasteiger partial charge in [0.05, 0.1) is 16.6 Å². The minimum Gasteiger partial charge on any atom is -0.484 e. The van der Waals surface area contributed by atoms with Crippen LogP contribution in [0.1, 0.15) is 17.0 Å². The fraction of sp³-hybridized carbons (Fsp3) is 0.0800. The highest BCUT2D eigenvalue weighted by Gasteiger charge is 2.08. The van der Waals surface area contributed by atoms with E-state index in [2.05, 4.69) is 21.4 Å². The summed E-state index contributed by atoms with van der Waals surface area (Å²) in [5.41, 5.74) is 4.71. The number of allylic oxidation sites excluding steroid dienone is 1. The number of nitriles is 1. The summed E-state index contributed by atoms with van der Waals surface area (Å²) in [6, 6.07) is 24.6. The molecule has 1 aromatic heterocycles. The number of carbonyl (C=O) groups excluding carboxylic acids is 1. The fourth-order valence-corrected chi connectivity index (χ4v) is 3.11. The molecule has 0 aliphatic carbocycles. The van der Waals surface area contributed by atoms with E-state index < -0.39 is 0 Å². The summed E-state index contributed by atoms with van der Waals surface area (Å²) < 4.78 is 5.57. The standard InChI is InChI=1S/C25H20N4O2/c1-17-6-2-3-7-21(17)27-24(30)16-31-20-12-10-18(11-13-20)14-19(15-26)25-28-22-8-4-5-9-23(22)29-25/h2-14H,16H2,1H3,(H,27,30)(H,28,29)/b19-14-. The van der Waals surface area contributed by atoms with E-state index in [1.54, 1.807) is 18.2 Å². The predicted octanol–water partition coefficient (Wildman–Crippen LogP) is 4.95. The molecule has 0 aliphatic heterocycles. The maximum Gasteiger partial charge on any atom is 0.262 e. The first-order valence-corrected chi connectivity index (χ1v) is 9.77. The molecule has 1 heterocycles. The molecular weight excluding hydrogens is 388 g/mol. The van der Waals surface area contributed by atoms with Crippen molar-refractivity contribution in [2.24, 2.45) is 0 Å². The first-order chi connectivity index (χ1) is 15.1. The van der Waals surface area contributed by atoms with Gasteiger partial charge in [-0.05, 0) is 54.5 Å². The lowest BCUT2D eigenvalue weighted by molar-refractivity contribution is -0.118. The number of nitrogens with zero attached hydrogens (tertiary/aromatic N) is 2. The number of H-pyrrole nitrogens is 1. The number of anilines is 1. The van der Waals surface area contributed by atoms with Crippen molar-refractivity contribution >= 4 is 34.3 Å². The molecule has 31 heavy (non-hydrogen) atoms. The zero-order chi connectivity index (χ0) is 21.6. The van der Waals surface area contributed by atoms with Gasteiger partial charge in [0.2, 0.25) is 0 Å². The molecule has 152 valence electrons. The topological polar surface area (TPSA) is 90.8 Å². The van der Waals surface area contributed by atoms with Gasteiger partial charge in [-0.3, -0.25) is 4.79 Å². The molecule has 4 aromatic rings. The van der Waals surface area contributed by atoms with Crippen molar-refractivity contribution in [1.82, 2.24) is 9.97 Å². The summed E-state index contributed by atoms with van der Waals surface area (Å²) in [6.07, 6.45) is 1.76. The molecule has 0 saturated heterocycles. The van der Waals surface area contributed by atoms with Crippen LogP contribution in [-0.4, -0.2) is 22.5 Å². The number of benzene rings is 3. The van der Waals surface area contributed by atoms with E-state index in [0.29, 0.717) is 17.1 Å². The van der Waals surface area contributed by atoms with E-state index in [9.17, 15) is 10.1 Å². The molecule has 1 amide bonds. The minimum absolute atomic E-state index is 0.0913. The molecule has 0 radical (unpaired) electrons. The Labute approximate surface area is 179 Å². The van der Waals surface area contributed by atoms with Crippen LogP contribution < -0.4 is 10.1 Å². The lowest BCUT2D eigenvalue weighted by Gasteiger charge is -2.09. The van der Waals surface area contributed by atoms with Crippen LogP contribution in [0.3, 0.4) is 0 Å². The summed E-state index contributed by atoms with van der Waals surface area (Å²) >= 11 is 0. The molecule has 0 bridgehead atoms. The Morgan fingerprint density at radius 1 is 1.10 bits per heavy atom. The van der Waals surface area contributed by atoms with E-state index in [0.717, 1.165) is 27.8 Å². The zero-order valence-corrected chi connectivity index (χ0v) is 16.9. The van der Waals surface area contributed by atoms with Crippen LogP contribution in [0.2, 0.25) is 0 Å². The number of rotatable bonds is 6. The number of fused-ring (bicyclic) bond motifs is 1. The van der Waals surface area contributed by atoms with Crippen molar-refractivity contribution in [2.75, 3.05) is 11.9 Å². The number of aromatic amines is 1. The molecule has 0 spiro atoms. The van der Waals surface area contributed by atoms with Crippen molar-refractivity contribution in [3.63, 3.8) is 0 Å². The maximum absolute atomic E-state index is 12.1. The largest absolute Gasteiger partial charge is 0.484 e. The first-order valence-electron chi connectivity index (χ1n) is 9.77. The Bertz CT molecular complexity index is 1260. The number of aryl methyl sites for hydroxylation is 1. The predicted molar refractivity (Wildman–Crippen MR) is 121 cm³/mol. The lowest BCUT2D eigenvalue weighted by atomic mass is 10.1. The Balaban J connectivity index is 1.41. The molecule has 0 saturated carbocycles. The van der Waals surface area contributed by atoms with Gasteiger partial charge in [-0.2, -0.15) is 5.26 Å². The van der Waals surface area contributed by atoms with E-state index in [1.165, 1.54) is 0 Å². The molecule has 0 fully saturated rings. The van der Waals surface area contributed by atoms with Gasteiger partial charge in [-0.15, -0.1) is 0 Å². The van der Waals surface area contributed by atoms with E-state index in [-0.39, 0.29) is 12.5 Å². The van der Waals surface area contributed by atoms with Crippen molar-refractivity contribution in [3.05, 3.63) is 89.7 Å². The normalized spacial score (nSPS) is 11.2. The molecule has 6 heteroatoms. The van der Waals surface area contributed by atoms with Gasteiger partial charge in [-0.25, -0.2) is 4.98 Å². The number of aromatic nitrogens is 2. The number of amides is 1. The van der Waals surface area contributed by atoms with Crippen LogP contribution in [0.4, 0.5) is 5.69 Å². The second-order valence-electron chi connectivity index (χ2n) is 6.99. The number of para-hydroxylation sites is 3. The highest BCUT2D eigenvalue weighted by Crippen LogP contribution is 2.21. The minimum atomic E-state index is -0.227. The molecule has 0 unspecified atom stereocenters. The van der Waals surface area contributed by atoms with Crippen molar-refractivity contribution in [1.29, 1.82) is 5.26 Å². The number of carbonyl (C=O) groups is 1. The number of imidazole rings is 1.